The zero-order valence-corrected chi connectivity index (χ0v) is 24.3. The molecule has 1 aromatic carbocycles. The van der Waals surface area contributed by atoms with Crippen molar-refractivity contribution >= 4 is 58.4 Å². The van der Waals surface area contributed by atoms with Crippen LogP contribution in [0, 0.1) is 0 Å². The Bertz CT molecular complexity index is 1010. The Morgan fingerprint density at radius 3 is 2.21 bits per heavy atom. The van der Waals surface area contributed by atoms with Gasteiger partial charge in [-0.2, -0.15) is 0 Å². The fourth-order valence-electron chi connectivity index (χ4n) is 3.43. The number of carbonyl (C=O) groups excluding carboxylic acids is 3. The molecule has 6 N–H and O–H groups in total. The van der Waals surface area contributed by atoms with Gasteiger partial charge in [-0.15, -0.1) is 0 Å². The molecule has 1 heterocycles. The van der Waals surface area contributed by atoms with Crippen LogP contribution < -0.4 is 26.6 Å². The van der Waals surface area contributed by atoms with E-state index in [0.29, 0.717) is 29.5 Å². The number of thiocarbonyl (C=S) groups is 1. The number of likely N-dealkylation sites (N-methyl/N-ethyl adjacent to an activating group) is 1. The van der Waals surface area contributed by atoms with Gasteiger partial charge in [0.15, 0.2) is 5.11 Å². The third-order valence-corrected chi connectivity index (χ3v) is 7.23. The minimum Gasteiger partial charge on any atom is -0.392 e. The highest BCUT2D eigenvalue weighted by Crippen LogP contribution is 2.26. The first-order valence-corrected chi connectivity index (χ1v) is 13.5. The fraction of sp³-hybridized carbons (Fsp3) is 0.500. The van der Waals surface area contributed by atoms with Crippen molar-refractivity contribution in [1.82, 2.24) is 30.5 Å². The van der Waals surface area contributed by atoms with Crippen molar-refractivity contribution in [1.29, 1.82) is 0 Å². The smallest absolute Gasteiger partial charge is 0.288 e. The number of rotatable bonds is 10. The first kappa shape index (κ1) is 31.1. The first-order chi connectivity index (χ1) is 18.0. The molecule has 0 unspecified atom stereocenters. The maximum atomic E-state index is 12.6. The van der Waals surface area contributed by atoms with E-state index in [1.54, 1.807) is 50.2 Å². The van der Waals surface area contributed by atoms with Crippen LogP contribution in [0.5, 0.6) is 0 Å². The molecule has 0 atom stereocenters. The largest absolute Gasteiger partial charge is 0.392 e. The molecule has 1 fully saturated rings. The van der Waals surface area contributed by atoms with Gasteiger partial charge in [0, 0.05) is 90.0 Å². The van der Waals surface area contributed by atoms with Crippen molar-refractivity contribution < 1.29 is 14.4 Å². The molecule has 1 aliphatic rings. The normalized spacial score (nSPS) is 14.7. The summed E-state index contributed by atoms with van der Waals surface area (Å²) < 4.78 is 3.11. The Morgan fingerprint density at radius 1 is 1.05 bits per heavy atom. The average Bonchev–Trinajstić information content (AvgIpc) is 2.89. The lowest BCUT2D eigenvalue weighted by Crippen LogP contribution is -2.48. The highest BCUT2D eigenvalue weighted by Gasteiger charge is 2.22. The number of hydrogen-bond acceptors (Lipinski definition) is 9. The minimum atomic E-state index is -0.632. The van der Waals surface area contributed by atoms with Gasteiger partial charge in [0.2, 0.25) is 11.8 Å². The summed E-state index contributed by atoms with van der Waals surface area (Å²) >= 11 is 6.13. The summed E-state index contributed by atoms with van der Waals surface area (Å²) in [6.07, 6.45) is 0.432. The van der Waals surface area contributed by atoms with Crippen molar-refractivity contribution in [3.8, 4) is 0 Å². The van der Waals surface area contributed by atoms with Gasteiger partial charge in [0.25, 0.3) is 5.91 Å². The maximum absolute atomic E-state index is 12.6. The summed E-state index contributed by atoms with van der Waals surface area (Å²) in [7, 11) is 5.56. The lowest BCUT2D eigenvalue weighted by Gasteiger charge is -2.32. The van der Waals surface area contributed by atoms with Crippen molar-refractivity contribution in [2.45, 2.75) is 20.3 Å². The number of benzene rings is 1. The van der Waals surface area contributed by atoms with Crippen LogP contribution in [0.1, 0.15) is 20.3 Å². The van der Waals surface area contributed by atoms with Gasteiger partial charge in [0.05, 0.1) is 0 Å². The topological polar surface area (TPSA) is 138 Å². The van der Waals surface area contributed by atoms with Crippen LogP contribution in [-0.2, 0) is 14.4 Å². The zero-order chi connectivity index (χ0) is 28.2. The van der Waals surface area contributed by atoms with Gasteiger partial charge in [-0.1, -0.05) is 0 Å². The molecule has 14 heteroatoms. The SMILES string of the molecule is CCN(C(C)=O)/C(SNc1ccc(NC(=O)CCN2CCN(C)CC2)cc1)=C(\N)C(=O)NNC(=S)N(C)C. The third-order valence-electron chi connectivity index (χ3n) is 5.79. The molecule has 0 saturated carbocycles. The molecule has 1 saturated heterocycles. The van der Waals surface area contributed by atoms with E-state index < -0.39 is 5.91 Å². The number of nitrogens with two attached hydrogens (primary N) is 1. The van der Waals surface area contributed by atoms with E-state index >= 15 is 0 Å². The summed E-state index contributed by atoms with van der Waals surface area (Å²) in [6.45, 7) is 8.23. The van der Waals surface area contributed by atoms with Crippen LogP contribution in [0.25, 0.3) is 0 Å². The van der Waals surface area contributed by atoms with Crippen molar-refractivity contribution in [2.75, 3.05) is 70.5 Å². The number of piperazine rings is 1. The number of nitrogens with zero attached hydrogens (tertiary/aromatic N) is 4. The molecule has 0 bridgehead atoms. The number of hydrazine groups is 1. The maximum Gasteiger partial charge on any atom is 0.288 e. The molecule has 38 heavy (non-hydrogen) atoms. The second-order valence-corrected chi connectivity index (χ2v) is 10.2. The zero-order valence-electron chi connectivity index (χ0n) is 22.7. The highest BCUT2D eigenvalue weighted by molar-refractivity contribution is 8.04. The molecular weight excluding hydrogens is 526 g/mol. The monoisotopic (exact) mass is 565 g/mol. The fourth-order valence-corrected chi connectivity index (χ4v) is 4.41. The molecule has 1 aliphatic heterocycles. The molecule has 0 radical (unpaired) electrons. The van der Waals surface area contributed by atoms with E-state index in [0.717, 1.165) is 44.7 Å². The molecule has 1 aromatic rings. The van der Waals surface area contributed by atoms with Crippen LogP contribution in [0.15, 0.2) is 35.0 Å². The Kier molecular flexibility index (Phi) is 12.6. The average molecular weight is 566 g/mol. The van der Waals surface area contributed by atoms with E-state index in [2.05, 4.69) is 37.7 Å². The molecule has 12 nitrogen and oxygen atoms in total. The van der Waals surface area contributed by atoms with E-state index in [1.807, 2.05) is 0 Å². The minimum absolute atomic E-state index is 0.0366. The molecule has 3 amide bonds. The molecule has 0 aromatic heterocycles. The van der Waals surface area contributed by atoms with E-state index in [1.165, 1.54) is 11.8 Å². The Labute approximate surface area is 234 Å². The number of anilines is 2. The van der Waals surface area contributed by atoms with Gasteiger partial charge in [-0.25, -0.2) is 0 Å². The van der Waals surface area contributed by atoms with Gasteiger partial charge in [0.1, 0.15) is 10.7 Å². The Hall–Kier alpha value is -3.07. The van der Waals surface area contributed by atoms with Gasteiger partial charge < -0.3 is 35.4 Å². The second-order valence-electron chi connectivity index (χ2n) is 8.99. The third kappa shape index (κ3) is 10.0. The number of carbonyl (C=O) groups is 3. The Morgan fingerprint density at radius 2 is 1.66 bits per heavy atom. The second kappa shape index (κ2) is 15.4. The van der Waals surface area contributed by atoms with Crippen LogP contribution in [0.3, 0.4) is 0 Å². The highest BCUT2D eigenvalue weighted by atomic mass is 32.2. The molecular formula is C24H39N9O3S2. The van der Waals surface area contributed by atoms with Gasteiger partial charge in [-0.3, -0.25) is 25.2 Å². The number of nitrogens with one attached hydrogen (secondary N) is 4. The summed E-state index contributed by atoms with van der Waals surface area (Å²) in [4.78, 5) is 44.8. The van der Waals surface area contributed by atoms with E-state index in [4.69, 9.17) is 18.0 Å². The predicted molar refractivity (Wildman–Crippen MR) is 157 cm³/mol. The van der Waals surface area contributed by atoms with Crippen molar-refractivity contribution in [3.05, 3.63) is 35.0 Å². The standard InChI is InChI=1S/C24H39N9O3S2/c1-6-33(17(2)34)23(21(25)22(36)27-28-24(37)30(3)4)38-29-19-9-7-18(8-10-19)26-20(35)11-12-32-15-13-31(5)14-16-32/h7-10,29H,6,11-16,25H2,1-5H3,(H,26,35)(H,27,36)(H,28,37)/b23-21+. The van der Waals surface area contributed by atoms with Crippen LogP contribution in [-0.4, -0.2) is 103 Å². The quantitative estimate of drug-likeness (QED) is 0.119. The molecule has 210 valence electrons. The predicted octanol–water partition coefficient (Wildman–Crippen LogP) is 0.786. The van der Waals surface area contributed by atoms with Crippen LogP contribution in [0.4, 0.5) is 11.4 Å². The van der Waals surface area contributed by atoms with Gasteiger partial charge >= 0.3 is 0 Å². The molecule has 0 aliphatic carbocycles. The van der Waals surface area contributed by atoms with Crippen LogP contribution >= 0.6 is 24.2 Å². The molecule has 2 rings (SSSR count). The van der Waals surface area contributed by atoms with E-state index in [9.17, 15) is 14.4 Å². The number of hydrogen-bond donors (Lipinski definition) is 5. The lowest BCUT2D eigenvalue weighted by atomic mass is 10.2. The first-order valence-electron chi connectivity index (χ1n) is 12.3. The summed E-state index contributed by atoms with van der Waals surface area (Å²) in [6, 6.07) is 7.14. The summed E-state index contributed by atoms with van der Waals surface area (Å²) in [5, 5.41) is 3.46. The van der Waals surface area contributed by atoms with Crippen molar-refractivity contribution in [2.24, 2.45) is 5.73 Å². The van der Waals surface area contributed by atoms with Crippen LogP contribution in [0.2, 0.25) is 0 Å². The van der Waals surface area contributed by atoms with Gasteiger partial charge in [-0.05, 0) is 50.5 Å². The summed E-state index contributed by atoms with van der Waals surface area (Å²) in [5.74, 6) is -0.933. The van der Waals surface area contributed by atoms with E-state index in [-0.39, 0.29) is 22.5 Å². The molecule has 0 spiro atoms. The summed E-state index contributed by atoms with van der Waals surface area (Å²) in [5.41, 5.74) is 12.4. The number of amides is 3. The Balaban J connectivity index is 1.97. The lowest BCUT2D eigenvalue weighted by molar-refractivity contribution is -0.126. The van der Waals surface area contributed by atoms with Crippen molar-refractivity contribution in [3.63, 3.8) is 0 Å².